The fourth-order valence-electron chi connectivity index (χ4n) is 2.28. The molecule has 0 fully saturated rings. The van der Waals surface area contributed by atoms with Crippen molar-refractivity contribution in [2.45, 2.75) is 6.18 Å². The van der Waals surface area contributed by atoms with Crippen LogP contribution >= 0.6 is 0 Å². The number of nitrogens with two attached hydrogens (primary N) is 1. The Labute approximate surface area is 138 Å². The number of amides is 1. The number of benzene rings is 2. The fourth-order valence-corrected chi connectivity index (χ4v) is 2.28. The van der Waals surface area contributed by atoms with Crippen molar-refractivity contribution in [1.82, 2.24) is 9.97 Å². The summed E-state index contributed by atoms with van der Waals surface area (Å²) in [5, 5.41) is 2.03. The predicted octanol–water partition coefficient (Wildman–Crippen LogP) is 2.67. The average Bonchev–Trinajstić information content (AvgIpc) is 2.55. The first-order valence-electron chi connectivity index (χ1n) is 7.03. The van der Waals surface area contributed by atoms with Gasteiger partial charge in [0.15, 0.2) is 0 Å². The van der Waals surface area contributed by atoms with Gasteiger partial charge < -0.3 is 16.0 Å². The van der Waals surface area contributed by atoms with Crippen molar-refractivity contribution >= 4 is 28.2 Å². The second kappa shape index (κ2) is 5.93. The lowest BCUT2D eigenvalue weighted by atomic mass is 10.1. The molecule has 3 rings (SSSR count). The van der Waals surface area contributed by atoms with Crippen LogP contribution in [0.4, 0.5) is 24.5 Å². The molecular formula is C16H11F3N4O2. The number of carbonyl (C=O) groups is 1. The number of H-pyrrole nitrogens is 1. The highest BCUT2D eigenvalue weighted by molar-refractivity contribution is 5.98. The number of anilines is 2. The van der Waals surface area contributed by atoms with Crippen molar-refractivity contribution in [3.05, 3.63) is 52.8 Å². The fraction of sp³-hybridized carbons (Fsp3) is 0.0625. The van der Waals surface area contributed by atoms with E-state index in [0.29, 0.717) is 11.2 Å². The monoisotopic (exact) mass is 348 g/mol. The molecule has 4 N–H and O–H groups in total. The molecule has 128 valence electrons. The normalized spacial score (nSPS) is 11.5. The third-order valence-corrected chi connectivity index (χ3v) is 3.42. The maximum atomic E-state index is 12.5. The van der Waals surface area contributed by atoms with Gasteiger partial charge in [0, 0.05) is 11.3 Å². The van der Waals surface area contributed by atoms with E-state index in [2.05, 4.69) is 9.97 Å². The van der Waals surface area contributed by atoms with Gasteiger partial charge in [-0.1, -0.05) is 12.1 Å². The molecule has 6 nitrogen and oxygen atoms in total. The summed E-state index contributed by atoms with van der Waals surface area (Å²) in [6, 6.07) is 10.2. The molecule has 0 saturated heterocycles. The van der Waals surface area contributed by atoms with Crippen LogP contribution in [0, 0.1) is 0 Å². The Morgan fingerprint density at radius 3 is 2.60 bits per heavy atom. The molecule has 0 aliphatic heterocycles. The number of hydrogen-bond donors (Lipinski definition) is 3. The molecule has 0 aliphatic rings. The first kappa shape index (κ1) is 16.5. The summed E-state index contributed by atoms with van der Waals surface area (Å²) in [6.45, 7) is 0. The molecule has 0 atom stereocenters. The number of aromatic amines is 1. The molecule has 0 bridgehead atoms. The number of hydrogen-bond acceptors (Lipinski definition) is 4. The van der Waals surface area contributed by atoms with E-state index in [4.69, 9.17) is 5.73 Å². The zero-order chi connectivity index (χ0) is 18.2. The number of alkyl halides is 3. The number of halogens is 3. The van der Waals surface area contributed by atoms with Crippen LogP contribution in [0.3, 0.4) is 0 Å². The van der Waals surface area contributed by atoms with Crippen LogP contribution in [0.2, 0.25) is 0 Å². The second-order valence-electron chi connectivity index (χ2n) is 5.19. The van der Waals surface area contributed by atoms with Gasteiger partial charge in [-0.05, 0) is 30.3 Å². The highest BCUT2D eigenvalue weighted by Gasteiger charge is 2.39. The van der Waals surface area contributed by atoms with E-state index in [9.17, 15) is 22.8 Å². The van der Waals surface area contributed by atoms with E-state index in [0.717, 1.165) is 0 Å². The van der Waals surface area contributed by atoms with Gasteiger partial charge in [-0.2, -0.15) is 13.2 Å². The van der Waals surface area contributed by atoms with Crippen LogP contribution in [-0.4, -0.2) is 22.1 Å². The Bertz CT molecular complexity index is 1030. The number of aromatic nitrogens is 2. The molecule has 0 radical (unpaired) electrons. The van der Waals surface area contributed by atoms with Crippen molar-refractivity contribution in [3.63, 3.8) is 0 Å². The third-order valence-electron chi connectivity index (χ3n) is 3.42. The summed E-state index contributed by atoms with van der Waals surface area (Å²) in [4.78, 5) is 30.1. The molecular weight excluding hydrogens is 337 g/mol. The van der Waals surface area contributed by atoms with E-state index < -0.39 is 17.6 Å². The van der Waals surface area contributed by atoms with Gasteiger partial charge in [-0.15, -0.1) is 0 Å². The number of nitrogen functional groups attached to an aromatic ring is 1. The van der Waals surface area contributed by atoms with Crippen LogP contribution in [-0.2, 0) is 4.79 Å². The molecule has 1 amide bonds. The van der Waals surface area contributed by atoms with Crippen LogP contribution in [0.1, 0.15) is 0 Å². The summed E-state index contributed by atoms with van der Waals surface area (Å²) < 4.78 is 37.4. The van der Waals surface area contributed by atoms with E-state index in [1.165, 1.54) is 30.3 Å². The number of fused-ring (bicyclic) bond motifs is 1. The standard InChI is InChI=1S/C16H11F3N4O2/c17-16(18,19)15(25)22-11-4-2-1-3-9(11)13-21-12-6-5-8(20)7-10(12)14(24)23-13/h1-7H,20H2,(H,22,25)(H,21,23,24). The van der Waals surface area contributed by atoms with Gasteiger partial charge in [0.25, 0.3) is 5.56 Å². The van der Waals surface area contributed by atoms with Crippen LogP contribution < -0.4 is 16.6 Å². The van der Waals surface area contributed by atoms with Gasteiger partial charge in [-0.25, -0.2) is 4.98 Å². The number of carbonyl (C=O) groups excluding carboxylic acids is 1. The lowest BCUT2D eigenvalue weighted by molar-refractivity contribution is -0.167. The minimum Gasteiger partial charge on any atom is -0.399 e. The molecule has 1 heterocycles. The Hall–Kier alpha value is -3.36. The summed E-state index contributed by atoms with van der Waals surface area (Å²) in [7, 11) is 0. The van der Waals surface area contributed by atoms with Crippen LogP contribution in [0.25, 0.3) is 22.3 Å². The molecule has 1 aromatic heterocycles. The summed E-state index contributed by atoms with van der Waals surface area (Å²) in [5.41, 5.74) is 5.86. The van der Waals surface area contributed by atoms with Crippen molar-refractivity contribution < 1.29 is 18.0 Å². The van der Waals surface area contributed by atoms with Crippen molar-refractivity contribution in [1.29, 1.82) is 0 Å². The number of nitrogens with one attached hydrogen (secondary N) is 2. The Morgan fingerprint density at radius 1 is 1.16 bits per heavy atom. The van der Waals surface area contributed by atoms with Crippen molar-refractivity contribution in [2.24, 2.45) is 0 Å². The Morgan fingerprint density at radius 2 is 1.88 bits per heavy atom. The number of nitrogens with zero attached hydrogens (tertiary/aromatic N) is 1. The molecule has 2 aromatic carbocycles. The van der Waals surface area contributed by atoms with Gasteiger partial charge in [0.1, 0.15) is 5.82 Å². The molecule has 25 heavy (non-hydrogen) atoms. The highest BCUT2D eigenvalue weighted by Crippen LogP contribution is 2.27. The second-order valence-corrected chi connectivity index (χ2v) is 5.19. The third kappa shape index (κ3) is 3.30. The van der Waals surface area contributed by atoms with Crippen LogP contribution in [0.15, 0.2) is 47.3 Å². The molecule has 0 unspecified atom stereocenters. The Balaban J connectivity index is 2.11. The van der Waals surface area contributed by atoms with Crippen molar-refractivity contribution in [3.8, 4) is 11.4 Å². The Kier molecular flexibility index (Phi) is 3.91. The molecule has 3 aromatic rings. The minimum absolute atomic E-state index is 0.0281. The van der Waals surface area contributed by atoms with E-state index in [-0.39, 0.29) is 22.5 Å². The summed E-state index contributed by atoms with van der Waals surface area (Å²) >= 11 is 0. The maximum absolute atomic E-state index is 12.5. The predicted molar refractivity (Wildman–Crippen MR) is 86.9 cm³/mol. The lowest BCUT2D eigenvalue weighted by Crippen LogP contribution is -2.30. The smallest absolute Gasteiger partial charge is 0.399 e. The SMILES string of the molecule is Nc1ccc2nc(-c3ccccc3NC(=O)C(F)(F)F)[nH]c(=O)c2c1. The molecule has 0 spiro atoms. The highest BCUT2D eigenvalue weighted by atomic mass is 19.4. The largest absolute Gasteiger partial charge is 0.471 e. The quantitative estimate of drug-likeness (QED) is 0.620. The molecule has 0 aliphatic carbocycles. The van der Waals surface area contributed by atoms with Gasteiger partial charge >= 0.3 is 12.1 Å². The average molecular weight is 348 g/mol. The summed E-state index contributed by atoms with van der Waals surface area (Å²) in [5.74, 6) is -2.09. The maximum Gasteiger partial charge on any atom is 0.471 e. The molecule has 0 saturated carbocycles. The first-order chi connectivity index (χ1) is 11.8. The topological polar surface area (TPSA) is 101 Å². The van der Waals surface area contributed by atoms with Gasteiger partial charge in [0.2, 0.25) is 0 Å². The molecule has 9 heteroatoms. The van der Waals surface area contributed by atoms with E-state index in [1.807, 2.05) is 0 Å². The zero-order valence-electron chi connectivity index (χ0n) is 12.5. The van der Waals surface area contributed by atoms with E-state index in [1.54, 1.807) is 17.4 Å². The van der Waals surface area contributed by atoms with Gasteiger partial charge in [-0.3, -0.25) is 9.59 Å². The first-order valence-corrected chi connectivity index (χ1v) is 7.03. The van der Waals surface area contributed by atoms with E-state index >= 15 is 0 Å². The number of para-hydroxylation sites is 1. The van der Waals surface area contributed by atoms with Crippen molar-refractivity contribution in [2.75, 3.05) is 11.1 Å². The van der Waals surface area contributed by atoms with Gasteiger partial charge in [0.05, 0.1) is 16.6 Å². The zero-order valence-corrected chi connectivity index (χ0v) is 12.5. The van der Waals surface area contributed by atoms with Crippen LogP contribution in [0.5, 0.6) is 0 Å². The summed E-state index contributed by atoms with van der Waals surface area (Å²) in [6.07, 6.45) is -5.03. The lowest BCUT2D eigenvalue weighted by Gasteiger charge is -2.12. The minimum atomic E-state index is -5.03. The number of rotatable bonds is 2.